The molecule has 0 bridgehead atoms. The monoisotopic (exact) mass is 570 g/mol. The average Bonchev–Trinajstić information content (AvgIpc) is 3.09. The SMILES string of the molecule is C=C(/C=C(\C=N)c1ccc(-c2c3ccccc3c(-c3ccc4ccccc4c3)c3ccccc23)cc1)/C(C)=C/C=C\N.CC. The summed E-state index contributed by atoms with van der Waals surface area (Å²) in [6.07, 6.45) is 8.53. The molecule has 0 aliphatic carbocycles. The van der Waals surface area contributed by atoms with Crippen LogP contribution in [0.1, 0.15) is 26.3 Å². The zero-order valence-electron chi connectivity index (χ0n) is 25.6. The predicted molar refractivity (Wildman–Crippen MR) is 194 cm³/mol. The van der Waals surface area contributed by atoms with Gasteiger partial charge in [0.15, 0.2) is 0 Å². The molecule has 2 nitrogen and oxygen atoms in total. The van der Waals surface area contributed by atoms with E-state index in [1.807, 2.05) is 32.9 Å². The molecule has 2 heteroatoms. The van der Waals surface area contributed by atoms with Gasteiger partial charge < -0.3 is 11.1 Å². The minimum atomic E-state index is 0.803. The first kappa shape index (κ1) is 30.0. The summed E-state index contributed by atoms with van der Waals surface area (Å²) in [6.45, 7) is 10.2. The van der Waals surface area contributed by atoms with Crippen molar-refractivity contribution in [1.29, 1.82) is 5.41 Å². The standard InChI is InChI=1S/C40H32N2.C2H6/c1-27(10-9-23-41)28(2)24-34(26-42)30-17-20-31(21-18-30)39-35-13-5-7-15-37(35)40(38-16-8-6-14-36(38)39)33-22-19-29-11-3-4-12-32(29)25-33;1-2/h3-26,42H,2,41H2,1H3;1-2H3/b23-9-,27-10+,34-24+,42-26?;. The van der Waals surface area contributed by atoms with Crippen molar-refractivity contribution in [3.8, 4) is 22.3 Å². The van der Waals surface area contributed by atoms with E-state index in [1.165, 1.54) is 61.4 Å². The van der Waals surface area contributed by atoms with Crippen LogP contribution in [0, 0.1) is 5.41 Å². The molecule has 0 radical (unpaired) electrons. The number of fused-ring (bicyclic) bond motifs is 3. The van der Waals surface area contributed by atoms with E-state index in [0.29, 0.717) is 0 Å². The smallest absolute Gasteiger partial charge is 0.0256 e. The van der Waals surface area contributed by atoms with Crippen molar-refractivity contribution in [3.63, 3.8) is 0 Å². The number of hydrogen-bond acceptors (Lipinski definition) is 2. The lowest BCUT2D eigenvalue weighted by molar-refractivity contribution is 1.43. The second-order valence-electron chi connectivity index (χ2n) is 10.5. The van der Waals surface area contributed by atoms with Crippen LogP contribution in [0.2, 0.25) is 0 Å². The van der Waals surface area contributed by atoms with E-state index >= 15 is 0 Å². The number of benzene rings is 6. The van der Waals surface area contributed by atoms with Gasteiger partial charge >= 0.3 is 0 Å². The van der Waals surface area contributed by atoms with Crippen molar-refractivity contribution in [2.75, 3.05) is 0 Å². The zero-order chi connectivity index (χ0) is 31.1. The highest BCUT2D eigenvalue weighted by molar-refractivity contribution is 6.21. The number of hydrogen-bond donors (Lipinski definition) is 2. The number of nitrogens with two attached hydrogens (primary N) is 1. The lowest BCUT2D eigenvalue weighted by atomic mass is 9.85. The van der Waals surface area contributed by atoms with Crippen LogP contribution in [-0.2, 0) is 0 Å². The number of nitrogens with one attached hydrogen (secondary N) is 1. The van der Waals surface area contributed by atoms with Gasteiger partial charge in [-0.2, -0.15) is 0 Å². The molecule has 3 N–H and O–H groups in total. The van der Waals surface area contributed by atoms with Gasteiger partial charge in [-0.3, -0.25) is 0 Å². The molecule has 0 spiro atoms. The summed E-state index contributed by atoms with van der Waals surface area (Å²) in [5.74, 6) is 0. The summed E-state index contributed by atoms with van der Waals surface area (Å²) in [6, 6.07) is 41.2. The van der Waals surface area contributed by atoms with Gasteiger partial charge in [-0.05, 0) is 108 Å². The lowest BCUT2D eigenvalue weighted by Crippen LogP contribution is -1.92. The summed E-state index contributed by atoms with van der Waals surface area (Å²) >= 11 is 0. The Balaban J connectivity index is 0.00000188. The van der Waals surface area contributed by atoms with Crippen molar-refractivity contribution < 1.29 is 0 Å². The molecule has 0 aliphatic rings. The second-order valence-corrected chi connectivity index (χ2v) is 10.5. The highest BCUT2D eigenvalue weighted by Gasteiger charge is 2.16. The average molecular weight is 571 g/mol. The molecule has 0 aliphatic heterocycles. The highest BCUT2D eigenvalue weighted by atomic mass is 14.5. The molecule has 0 heterocycles. The van der Waals surface area contributed by atoms with Crippen LogP contribution in [0.15, 0.2) is 157 Å². The third-order valence-corrected chi connectivity index (χ3v) is 7.93. The Morgan fingerprint density at radius 1 is 0.659 bits per heavy atom. The van der Waals surface area contributed by atoms with Crippen LogP contribution in [0.25, 0.3) is 60.1 Å². The molecule has 6 aromatic rings. The molecule has 6 rings (SSSR count). The van der Waals surface area contributed by atoms with Crippen molar-refractivity contribution in [2.24, 2.45) is 5.73 Å². The van der Waals surface area contributed by atoms with Gasteiger partial charge in [-0.15, -0.1) is 0 Å². The van der Waals surface area contributed by atoms with Crippen LogP contribution < -0.4 is 5.73 Å². The van der Waals surface area contributed by atoms with Gasteiger partial charge in [0.05, 0.1) is 0 Å². The van der Waals surface area contributed by atoms with Crippen molar-refractivity contribution in [2.45, 2.75) is 20.8 Å². The van der Waals surface area contributed by atoms with Gasteiger partial charge in [-0.1, -0.05) is 136 Å². The van der Waals surface area contributed by atoms with Crippen LogP contribution in [0.5, 0.6) is 0 Å². The Morgan fingerprint density at radius 3 is 1.70 bits per heavy atom. The molecular weight excluding hydrogens is 532 g/mol. The minimum absolute atomic E-state index is 0.803. The Bertz CT molecular complexity index is 2010. The summed E-state index contributed by atoms with van der Waals surface area (Å²) in [7, 11) is 0. The quantitative estimate of drug-likeness (QED) is 0.112. The molecule has 216 valence electrons. The Hall–Kier alpha value is -5.47. The van der Waals surface area contributed by atoms with E-state index in [1.54, 1.807) is 6.08 Å². The summed E-state index contributed by atoms with van der Waals surface area (Å²) < 4.78 is 0. The molecular formula is C42H38N2. The van der Waals surface area contributed by atoms with Crippen LogP contribution >= 0.6 is 0 Å². The van der Waals surface area contributed by atoms with Crippen LogP contribution in [0.4, 0.5) is 0 Å². The zero-order valence-corrected chi connectivity index (χ0v) is 25.6. The van der Waals surface area contributed by atoms with Gasteiger partial charge in [0.25, 0.3) is 0 Å². The molecule has 0 saturated carbocycles. The number of allylic oxidation sites excluding steroid dienone is 6. The van der Waals surface area contributed by atoms with E-state index in [-0.39, 0.29) is 0 Å². The van der Waals surface area contributed by atoms with Crippen molar-refractivity contribution in [3.05, 3.63) is 163 Å². The van der Waals surface area contributed by atoms with E-state index in [0.717, 1.165) is 27.8 Å². The van der Waals surface area contributed by atoms with E-state index in [9.17, 15) is 0 Å². The largest absolute Gasteiger partial charge is 0.405 e. The summed E-state index contributed by atoms with van der Waals surface area (Å²) in [5.41, 5.74) is 13.9. The molecule has 44 heavy (non-hydrogen) atoms. The Labute approximate surface area is 260 Å². The molecule has 6 aromatic carbocycles. The number of rotatable bonds is 7. The van der Waals surface area contributed by atoms with Crippen molar-refractivity contribution in [1.82, 2.24) is 0 Å². The van der Waals surface area contributed by atoms with Crippen LogP contribution in [-0.4, -0.2) is 6.21 Å². The van der Waals surface area contributed by atoms with Crippen molar-refractivity contribution >= 4 is 44.1 Å². The van der Waals surface area contributed by atoms with Gasteiger partial charge in [0, 0.05) is 6.21 Å². The maximum absolute atomic E-state index is 8.07. The molecule has 0 fully saturated rings. The molecule has 0 saturated heterocycles. The highest BCUT2D eigenvalue weighted by Crippen LogP contribution is 2.44. The summed E-state index contributed by atoms with van der Waals surface area (Å²) in [5, 5.41) is 15.5. The second kappa shape index (κ2) is 13.7. The van der Waals surface area contributed by atoms with Crippen LogP contribution in [0.3, 0.4) is 0 Å². The fourth-order valence-electron chi connectivity index (χ4n) is 5.74. The van der Waals surface area contributed by atoms with Gasteiger partial charge in [-0.25, -0.2) is 0 Å². The first-order valence-corrected chi connectivity index (χ1v) is 15.1. The minimum Gasteiger partial charge on any atom is -0.405 e. The lowest BCUT2D eigenvalue weighted by Gasteiger charge is -2.18. The molecule has 0 amide bonds. The molecule has 0 aromatic heterocycles. The maximum Gasteiger partial charge on any atom is 0.0256 e. The topological polar surface area (TPSA) is 49.9 Å². The normalized spacial score (nSPS) is 12.0. The third kappa shape index (κ3) is 5.88. The Morgan fingerprint density at radius 2 is 1.16 bits per heavy atom. The first-order valence-electron chi connectivity index (χ1n) is 15.1. The van der Waals surface area contributed by atoms with E-state index in [4.69, 9.17) is 11.1 Å². The molecule has 0 atom stereocenters. The maximum atomic E-state index is 8.07. The third-order valence-electron chi connectivity index (χ3n) is 7.93. The molecule has 0 unspecified atom stereocenters. The fourth-order valence-corrected chi connectivity index (χ4v) is 5.74. The first-order chi connectivity index (χ1) is 21.6. The van der Waals surface area contributed by atoms with E-state index in [2.05, 4.69) is 122 Å². The van der Waals surface area contributed by atoms with Gasteiger partial charge in [0.2, 0.25) is 0 Å². The summed E-state index contributed by atoms with van der Waals surface area (Å²) in [4.78, 5) is 0. The fraction of sp³-hybridized carbons (Fsp3) is 0.0714. The van der Waals surface area contributed by atoms with Gasteiger partial charge in [0.1, 0.15) is 0 Å². The van der Waals surface area contributed by atoms with E-state index < -0.39 is 0 Å². The predicted octanol–water partition coefficient (Wildman–Crippen LogP) is 11.5. The Kier molecular flexibility index (Phi) is 9.32.